The van der Waals surface area contributed by atoms with Crippen LogP contribution < -0.4 is 5.73 Å². The third-order valence-electron chi connectivity index (χ3n) is 3.26. The normalized spacial score (nSPS) is 11.0. The summed E-state index contributed by atoms with van der Waals surface area (Å²) in [5, 5.41) is 4.37. The molecule has 0 unspecified atom stereocenters. The summed E-state index contributed by atoms with van der Waals surface area (Å²) in [6.07, 6.45) is 1.36. The summed E-state index contributed by atoms with van der Waals surface area (Å²) in [4.78, 5) is 0. The van der Waals surface area contributed by atoms with Crippen LogP contribution in [0.15, 0.2) is 12.1 Å². The monoisotopic (exact) mass is 265 g/mol. The minimum absolute atomic E-state index is 0.179. The van der Waals surface area contributed by atoms with Crippen LogP contribution in [0.2, 0.25) is 0 Å². The maximum atomic E-state index is 14.1. The quantitative estimate of drug-likeness (QED) is 0.867. The van der Waals surface area contributed by atoms with Crippen LogP contribution in [0.25, 0.3) is 11.1 Å². The van der Waals surface area contributed by atoms with Gasteiger partial charge in [0, 0.05) is 29.9 Å². The topological polar surface area (TPSA) is 43.8 Å². The Morgan fingerprint density at radius 1 is 1.16 bits per heavy atom. The van der Waals surface area contributed by atoms with Gasteiger partial charge in [0.2, 0.25) is 0 Å². The van der Waals surface area contributed by atoms with Crippen molar-refractivity contribution in [2.75, 3.05) is 5.73 Å². The molecular formula is C14H17F2N3. The van der Waals surface area contributed by atoms with Crippen LogP contribution >= 0.6 is 0 Å². The van der Waals surface area contributed by atoms with E-state index in [4.69, 9.17) is 5.73 Å². The molecule has 1 aromatic carbocycles. The fourth-order valence-corrected chi connectivity index (χ4v) is 2.34. The smallest absolute Gasteiger partial charge is 0.146 e. The van der Waals surface area contributed by atoms with Crippen LogP contribution in [0.4, 0.5) is 14.5 Å². The van der Waals surface area contributed by atoms with Gasteiger partial charge in [0.15, 0.2) is 0 Å². The molecule has 0 radical (unpaired) electrons. The van der Waals surface area contributed by atoms with Gasteiger partial charge in [-0.1, -0.05) is 13.8 Å². The van der Waals surface area contributed by atoms with Gasteiger partial charge >= 0.3 is 0 Å². The largest absolute Gasteiger partial charge is 0.396 e. The highest BCUT2D eigenvalue weighted by molar-refractivity contribution is 5.71. The molecule has 2 N–H and O–H groups in total. The fraction of sp³-hybridized carbons (Fsp3) is 0.357. The first-order chi connectivity index (χ1) is 8.99. The van der Waals surface area contributed by atoms with Crippen LogP contribution in [-0.4, -0.2) is 9.78 Å². The number of aromatic nitrogens is 2. The summed E-state index contributed by atoms with van der Waals surface area (Å²) in [6, 6.07) is 2.18. The lowest BCUT2D eigenvalue weighted by molar-refractivity contribution is 0.607. The van der Waals surface area contributed by atoms with E-state index < -0.39 is 11.6 Å². The predicted molar refractivity (Wildman–Crippen MR) is 71.7 cm³/mol. The SMILES string of the molecule is CCc1nn(C)c(CC)c1-c1cc(F)c(N)cc1F. The van der Waals surface area contributed by atoms with E-state index >= 15 is 0 Å². The Labute approximate surface area is 111 Å². The van der Waals surface area contributed by atoms with E-state index in [0.29, 0.717) is 18.4 Å². The molecule has 0 saturated heterocycles. The first-order valence-electron chi connectivity index (χ1n) is 6.29. The molecule has 2 aromatic rings. The second kappa shape index (κ2) is 4.99. The van der Waals surface area contributed by atoms with Crippen molar-refractivity contribution in [3.8, 4) is 11.1 Å². The Morgan fingerprint density at radius 2 is 1.84 bits per heavy atom. The molecule has 0 spiro atoms. The number of hydrogen-bond acceptors (Lipinski definition) is 2. The zero-order valence-electron chi connectivity index (χ0n) is 11.3. The molecule has 0 aliphatic heterocycles. The maximum absolute atomic E-state index is 14.1. The molecule has 0 saturated carbocycles. The minimum Gasteiger partial charge on any atom is -0.396 e. The highest BCUT2D eigenvalue weighted by atomic mass is 19.1. The van der Waals surface area contributed by atoms with E-state index in [9.17, 15) is 8.78 Å². The van der Waals surface area contributed by atoms with Crippen molar-refractivity contribution < 1.29 is 8.78 Å². The number of anilines is 1. The fourth-order valence-electron chi connectivity index (χ4n) is 2.34. The van der Waals surface area contributed by atoms with Gasteiger partial charge in [0.05, 0.1) is 11.4 Å². The number of nitrogen functional groups attached to an aromatic ring is 1. The molecule has 5 heteroatoms. The zero-order chi connectivity index (χ0) is 14.2. The molecule has 2 rings (SSSR count). The minimum atomic E-state index is -0.607. The molecule has 0 amide bonds. The maximum Gasteiger partial charge on any atom is 0.146 e. The molecule has 0 fully saturated rings. The average molecular weight is 265 g/mol. The van der Waals surface area contributed by atoms with Crippen molar-refractivity contribution >= 4 is 5.69 Å². The first kappa shape index (κ1) is 13.5. The Balaban J connectivity index is 2.74. The van der Waals surface area contributed by atoms with Gasteiger partial charge in [-0.05, 0) is 18.9 Å². The van der Waals surface area contributed by atoms with Crippen LogP contribution in [0.5, 0.6) is 0 Å². The van der Waals surface area contributed by atoms with Gasteiger partial charge in [-0.2, -0.15) is 5.10 Å². The Bertz CT molecular complexity index is 618. The van der Waals surface area contributed by atoms with Crippen molar-refractivity contribution in [3.63, 3.8) is 0 Å². The van der Waals surface area contributed by atoms with Crippen molar-refractivity contribution in [3.05, 3.63) is 35.2 Å². The Hall–Kier alpha value is -1.91. The van der Waals surface area contributed by atoms with Crippen molar-refractivity contribution in [2.24, 2.45) is 7.05 Å². The number of nitrogens with zero attached hydrogens (tertiary/aromatic N) is 2. The van der Waals surface area contributed by atoms with Gasteiger partial charge in [-0.3, -0.25) is 4.68 Å². The number of rotatable bonds is 3. The van der Waals surface area contributed by atoms with Crippen molar-refractivity contribution in [2.45, 2.75) is 26.7 Å². The predicted octanol–water partition coefficient (Wildman–Crippen LogP) is 3.07. The van der Waals surface area contributed by atoms with E-state index in [1.165, 1.54) is 0 Å². The lowest BCUT2D eigenvalue weighted by atomic mass is 9.99. The van der Waals surface area contributed by atoms with E-state index in [1.54, 1.807) is 4.68 Å². The van der Waals surface area contributed by atoms with Crippen molar-refractivity contribution in [1.29, 1.82) is 0 Å². The van der Waals surface area contributed by atoms with Crippen LogP contribution in [0.3, 0.4) is 0 Å². The molecule has 19 heavy (non-hydrogen) atoms. The Morgan fingerprint density at radius 3 is 2.42 bits per heavy atom. The molecule has 0 aliphatic carbocycles. The summed E-state index contributed by atoms with van der Waals surface area (Å²) >= 11 is 0. The van der Waals surface area contributed by atoms with E-state index in [2.05, 4.69) is 5.10 Å². The van der Waals surface area contributed by atoms with Gasteiger partial charge in [-0.25, -0.2) is 8.78 Å². The zero-order valence-corrected chi connectivity index (χ0v) is 11.3. The molecule has 1 aromatic heterocycles. The Kier molecular flexibility index (Phi) is 3.55. The standard InChI is InChI=1S/C14H17F2N3/c1-4-12-14(13(5-2)19(3)18-12)8-6-10(16)11(17)7-9(8)15/h6-7H,4-5,17H2,1-3H3. The lowest BCUT2D eigenvalue weighted by Gasteiger charge is -2.08. The van der Waals surface area contributed by atoms with Gasteiger partial charge < -0.3 is 5.73 Å². The molecule has 102 valence electrons. The molecule has 1 heterocycles. The number of halogens is 2. The van der Waals surface area contributed by atoms with Crippen LogP contribution in [0.1, 0.15) is 25.2 Å². The highest BCUT2D eigenvalue weighted by Crippen LogP contribution is 2.32. The lowest BCUT2D eigenvalue weighted by Crippen LogP contribution is -1.99. The third-order valence-corrected chi connectivity index (χ3v) is 3.26. The highest BCUT2D eigenvalue weighted by Gasteiger charge is 2.20. The van der Waals surface area contributed by atoms with Gasteiger partial charge in [0.25, 0.3) is 0 Å². The summed E-state index contributed by atoms with van der Waals surface area (Å²) in [5.74, 6) is -1.12. The molecule has 0 bridgehead atoms. The number of hydrogen-bond donors (Lipinski definition) is 1. The van der Waals surface area contributed by atoms with E-state index in [1.807, 2.05) is 20.9 Å². The van der Waals surface area contributed by atoms with Crippen molar-refractivity contribution in [1.82, 2.24) is 9.78 Å². The summed E-state index contributed by atoms with van der Waals surface area (Å²) in [7, 11) is 1.81. The van der Waals surface area contributed by atoms with Gasteiger partial charge in [0.1, 0.15) is 11.6 Å². The third kappa shape index (κ3) is 2.20. The molecule has 3 nitrogen and oxygen atoms in total. The summed E-state index contributed by atoms with van der Waals surface area (Å²) < 4.78 is 29.4. The molecule has 0 aliphatic rings. The summed E-state index contributed by atoms with van der Waals surface area (Å²) in [5.41, 5.74) is 7.77. The number of aryl methyl sites for hydroxylation is 2. The van der Waals surface area contributed by atoms with E-state index in [-0.39, 0.29) is 11.3 Å². The second-order valence-electron chi connectivity index (χ2n) is 4.45. The second-order valence-corrected chi connectivity index (χ2v) is 4.45. The molecular weight excluding hydrogens is 248 g/mol. The van der Waals surface area contributed by atoms with Gasteiger partial charge in [-0.15, -0.1) is 0 Å². The first-order valence-corrected chi connectivity index (χ1v) is 6.29. The average Bonchev–Trinajstić information content (AvgIpc) is 2.69. The van der Waals surface area contributed by atoms with Crippen LogP contribution in [-0.2, 0) is 19.9 Å². The summed E-state index contributed by atoms with van der Waals surface area (Å²) in [6.45, 7) is 3.91. The molecule has 0 atom stereocenters. The number of benzene rings is 1. The number of nitrogens with two attached hydrogens (primary N) is 1. The van der Waals surface area contributed by atoms with E-state index in [0.717, 1.165) is 23.5 Å². The van der Waals surface area contributed by atoms with Crippen LogP contribution in [0, 0.1) is 11.6 Å².